The normalized spacial score (nSPS) is 11.0. The summed E-state index contributed by atoms with van der Waals surface area (Å²) in [4.78, 5) is 18.6. The number of ether oxygens (including phenoxy) is 2. The van der Waals surface area contributed by atoms with E-state index in [2.05, 4.69) is 20.5 Å². The Bertz CT molecular complexity index is 1050. The lowest BCUT2D eigenvalue weighted by molar-refractivity contribution is 0.0627. The Balaban J connectivity index is 2.00. The number of methoxy groups -OCH3 is 2. The molecule has 0 aliphatic heterocycles. The first kappa shape index (κ1) is 22.2. The maximum Gasteiger partial charge on any atom is 0.255 e. The number of aromatic nitrogens is 5. The van der Waals surface area contributed by atoms with Gasteiger partial charge in [0.25, 0.3) is 5.91 Å². The van der Waals surface area contributed by atoms with E-state index in [1.54, 1.807) is 4.90 Å². The molecule has 0 bridgehead atoms. The largest absolute Gasteiger partial charge is 0.383 e. The number of halogens is 2. The van der Waals surface area contributed by atoms with Crippen molar-refractivity contribution in [3.05, 3.63) is 47.7 Å². The van der Waals surface area contributed by atoms with Crippen LogP contribution in [0, 0.1) is 11.6 Å². The number of pyridine rings is 1. The van der Waals surface area contributed by atoms with Gasteiger partial charge in [-0.3, -0.25) is 4.79 Å². The fourth-order valence-electron chi connectivity index (χ4n) is 2.85. The second-order valence-corrected chi connectivity index (χ2v) is 6.42. The minimum atomic E-state index is -1.12. The molecule has 2 aromatic heterocycles. The molecule has 0 aliphatic carbocycles. The average molecular weight is 433 g/mol. The van der Waals surface area contributed by atoms with Crippen molar-refractivity contribution in [1.29, 1.82) is 0 Å². The number of carbonyl (C=O) groups is 1. The summed E-state index contributed by atoms with van der Waals surface area (Å²) in [7, 11) is 3.07. The molecule has 1 aromatic carbocycles. The SMILES string of the molecule is COCCN(CCOC)C(=O)c1cnc(N)c(-c2nnnn2-c2cccc(F)c2F)c1. The Morgan fingerprint density at radius 3 is 2.58 bits per heavy atom. The summed E-state index contributed by atoms with van der Waals surface area (Å²) in [5.74, 6) is -2.49. The summed E-state index contributed by atoms with van der Waals surface area (Å²) < 4.78 is 39.1. The first-order valence-corrected chi connectivity index (χ1v) is 9.23. The molecule has 0 saturated heterocycles. The van der Waals surface area contributed by atoms with Crippen LogP contribution in [0.1, 0.15) is 10.4 Å². The fourth-order valence-corrected chi connectivity index (χ4v) is 2.85. The summed E-state index contributed by atoms with van der Waals surface area (Å²) >= 11 is 0. The lowest BCUT2D eigenvalue weighted by atomic mass is 10.1. The average Bonchev–Trinajstić information content (AvgIpc) is 3.25. The van der Waals surface area contributed by atoms with E-state index in [4.69, 9.17) is 15.2 Å². The van der Waals surface area contributed by atoms with Gasteiger partial charge >= 0.3 is 0 Å². The van der Waals surface area contributed by atoms with E-state index in [9.17, 15) is 13.6 Å². The summed E-state index contributed by atoms with van der Waals surface area (Å²) in [6, 6.07) is 5.07. The fraction of sp³-hybridized carbons (Fsp3) is 0.316. The van der Waals surface area contributed by atoms with Gasteiger partial charge in [0.1, 0.15) is 11.5 Å². The molecule has 0 spiro atoms. The van der Waals surface area contributed by atoms with Gasteiger partial charge in [-0.25, -0.2) is 13.8 Å². The Morgan fingerprint density at radius 2 is 1.90 bits per heavy atom. The van der Waals surface area contributed by atoms with Gasteiger partial charge in [0.15, 0.2) is 17.5 Å². The number of hydrogen-bond donors (Lipinski definition) is 1. The van der Waals surface area contributed by atoms with Crippen LogP contribution in [0.5, 0.6) is 0 Å². The van der Waals surface area contributed by atoms with Crippen LogP contribution in [0.4, 0.5) is 14.6 Å². The molecule has 1 amide bonds. The molecule has 3 aromatic rings. The zero-order valence-corrected chi connectivity index (χ0v) is 17.0. The smallest absolute Gasteiger partial charge is 0.255 e. The first-order chi connectivity index (χ1) is 15.0. The molecule has 2 heterocycles. The second kappa shape index (κ2) is 10.00. The van der Waals surface area contributed by atoms with Crippen LogP contribution in [-0.2, 0) is 9.47 Å². The zero-order chi connectivity index (χ0) is 22.4. The number of nitrogens with two attached hydrogens (primary N) is 1. The molecule has 0 radical (unpaired) electrons. The summed E-state index contributed by atoms with van der Waals surface area (Å²) in [5.41, 5.74) is 6.18. The summed E-state index contributed by atoms with van der Waals surface area (Å²) in [5, 5.41) is 11.1. The number of carbonyl (C=O) groups excluding carboxylic acids is 1. The van der Waals surface area contributed by atoms with Crippen molar-refractivity contribution < 1.29 is 23.0 Å². The highest BCUT2D eigenvalue weighted by Crippen LogP contribution is 2.26. The van der Waals surface area contributed by atoms with Gasteiger partial charge in [-0.15, -0.1) is 5.10 Å². The molecule has 0 aliphatic rings. The van der Waals surface area contributed by atoms with Crippen molar-refractivity contribution in [3.63, 3.8) is 0 Å². The third kappa shape index (κ3) is 4.81. The second-order valence-electron chi connectivity index (χ2n) is 6.42. The van der Waals surface area contributed by atoms with Gasteiger partial charge < -0.3 is 20.1 Å². The highest BCUT2D eigenvalue weighted by molar-refractivity contribution is 5.95. The van der Waals surface area contributed by atoms with Crippen molar-refractivity contribution >= 4 is 11.7 Å². The number of nitrogen functional groups attached to an aromatic ring is 1. The third-order valence-electron chi connectivity index (χ3n) is 4.45. The lowest BCUT2D eigenvalue weighted by Gasteiger charge is -2.22. The lowest BCUT2D eigenvalue weighted by Crippen LogP contribution is -2.36. The minimum Gasteiger partial charge on any atom is -0.383 e. The predicted molar refractivity (Wildman–Crippen MR) is 106 cm³/mol. The number of hydrogen-bond acceptors (Lipinski definition) is 8. The van der Waals surface area contributed by atoms with Crippen molar-refractivity contribution in [2.75, 3.05) is 46.3 Å². The molecule has 31 heavy (non-hydrogen) atoms. The van der Waals surface area contributed by atoms with Crippen LogP contribution in [0.3, 0.4) is 0 Å². The number of anilines is 1. The van der Waals surface area contributed by atoms with E-state index >= 15 is 0 Å². The minimum absolute atomic E-state index is 0.00415. The molecule has 0 saturated carbocycles. The molecule has 0 atom stereocenters. The molecular weight excluding hydrogens is 412 g/mol. The molecular formula is C19H21F2N7O3. The standard InChI is InChI=1S/C19H21F2N7O3/c1-30-8-6-27(7-9-31-2)19(29)12-10-13(17(22)23-11-12)18-24-25-26-28(18)15-5-3-4-14(20)16(15)21/h3-5,10-11H,6-9H2,1-2H3,(H2,22,23). The molecule has 0 unspecified atom stereocenters. The molecule has 12 heteroatoms. The Hall–Kier alpha value is -3.51. The van der Waals surface area contributed by atoms with Gasteiger partial charge in [0.2, 0.25) is 0 Å². The van der Waals surface area contributed by atoms with Gasteiger partial charge in [-0.05, 0) is 28.6 Å². The van der Waals surface area contributed by atoms with Crippen molar-refractivity contribution in [1.82, 2.24) is 30.1 Å². The van der Waals surface area contributed by atoms with E-state index in [0.29, 0.717) is 26.3 Å². The first-order valence-electron chi connectivity index (χ1n) is 9.23. The van der Waals surface area contributed by atoms with Crippen molar-refractivity contribution in [3.8, 4) is 17.1 Å². The van der Waals surface area contributed by atoms with Crippen LogP contribution in [-0.4, -0.2) is 76.5 Å². The van der Waals surface area contributed by atoms with E-state index in [1.807, 2.05) is 0 Å². The number of amides is 1. The van der Waals surface area contributed by atoms with Gasteiger partial charge in [-0.1, -0.05) is 6.07 Å². The number of tetrazole rings is 1. The highest BCUT2D eigenvalue weighted by Gasteiger charge is 2.22. The van der Waals surface area contributed by atoms with E-state index < -0.39 is 11.6 Å². The quantitative estimate of drug-likeness (QED) is 0.536. The number of nitrogens with zero attached hydrogens (tertiary/aromatic N) is 6. The van der Waals surface area contributed by atoms with Gasteiger partial charge in [-0.2, -0.15) is 4.68 Å². The third-order valence-corrected chi connectivity index (χ3v) is 4.45. The Labute approximate surface area is 176 Å². The zero-order valence-electron chi connectivity index (χ0n) is 17.0. The van der Waals surface area contributed by atoms with Crippen molar-refractivity contribution in [2.24, 2.45) is 0 Å². The Kier molecular flexibility index (Phi) is 7.15. The van der Waals surface area contributed by atoms with E-state index in [1.165, 1.54) is 38.6 Å². The highest BCUT2D eigenvalue weighted by atomic mass is 19.2. The van der Waals surface area contributed by atoms with Crippen LogP contribution in [0.2, 0.25) is 0 Å². The van der Waals surface area contributed by atoms with Crippen LogP contribution < -0.4 is 5.73 Å². The number of rotatable bonds is 9. The number of benzene rings is 1. The molecule has 2 N–H and O–H groups in total. The van der Waals surface area contributed by atoms with Gasteiger partial charge in [0.05, 0.1) is 24.3 Å². The summed E-state index contributed by atoms with van der Waals surface area (Å²) in [6.07, 6.45) is 1.32. The maximum atomic E-state index is 14.3. The van der Waals surface area contributed by atoms with Crippen LogP contribution >= 0.6 is 0 Å². The topological polar surface area (TPSA) is 121 Å². The molecule has 164 valence electrons. The van der Waals surface area contributed by atoms with Gasteiger partial charge in [0, 0.05) is 33.5 Å². The monoisotopic (exact) mass is 433 g/mol. The predicted octanol–water partition coefficient (Wildman–Crippen LogP) is 1.32. The molecule has 10 nitrogen and oxygen atoms in total. The molecule has 0 fully saturated rings. The van der Waals surface area contributed by atoms with Crippen molar-refractivity contribution in [2.45, 2.75) is 0 Å². The van der Waals surface area contributed by atoms with Crippen LogP contribution in [0.25, 0.3) is 17.1 Å². The maximum absolute atomic E-state index is 14.3. The molecule has 3 rings (SSSR count). The van der Waals surface area contributed by atoms with E-state index in [0.717, 1.165) is 10.7 Å². The summed E-state index contributed by atoms with van der Waals surface area (Å²) in [6.45, 7) is 1.35. The van der Waals surface area contributed by atoms with E-state index in [-0.39, 0.29) is 34.4 Å². The Morgan fingerprint density at radius 1 is 1.19 bits per heavy atom. The van der Waals surface area contributed by atoms with Crippen LogP contribution in [0.15, 0.2) is 30.5 Å².